The predicted octanol–water partition coefficient (Wildman–Crippen LogP) is 1.47. The van der Waals surface area contributed by atoms with E-state index in [1.165, 1.54) is 11.3 Å². The van der Waals surface area contributed by atoms with Crippen LogP contribution in [-0.2, 0) is 4.74 Å². The molecule has 5 heteroatoms. The Hall–Kier alpha value is -1.75. The van der Waals surface area contributed by atoms with Crippen molar-refractivity contribution in [3.05, 3.63) is 29.8 Å². The zero-order chi connectivity index (χ0) is 14.4. The molecule has 20 heavy (non-hydrogen) atoms. The van der Waals surface area contributed by atoms with Crippen LogP contribution in [0.2, 0.25) is 0 Å². The third-order valence-corrected chi connectivity index (χ3v) is 3.52. The fraction of sp³-hybridized carbons (Fsp3) is 0.533. The van der Waals surface area contributed by atoms with Crippen molar-refractivity contribution in [1.82, 2.24) is 10.2 Å². The van der Waals surface area contributed by atoms with Gasteiger partial charge < -0.3 is 19.9 Å². The molecule has 1 aliphatic rings. The molecule has 1 saturated heterocycles. The Morgan fingerprint density at radius 1 is 1.30 bits per heavy atom. The first-order valence-electron chi connectivity index (χ1n) is 7.04. The van der Waals surface area contributed by atoms with Crippen LogP contribution >= 0.6 is 0 Å². The van der Waals surface area contributed by atoms with Gasteiger partial charge in [-0.05, 0) is 24.6 Å². The van der Waals surface area contributed by atoms with E-state index in [1.807, 2.05) is 4.90 Å². The van der Waals surface area contributed by atoms with Crippen LogP contribution in [0, 0.1) is 6.92 Å². The summed E-state index contributed by atoms with van der Waals surface area (Å²) in [6.45, 7) is 6.48. The van der Waals surface area contributed by atoms with Gasteiger partial charge in [0.1, 0.15) is 0 Å². The van der Waals surface area contributed by atoms with E-state index < -0.39 is 0 Å². The van der Waals surface area contributed by atoms with Crippen LogP contribution in [-0.4, -0.2) is 57.4 Å². The van der Waals surface area contributed by atoms with E-state index in [0.29, 0.717) is 13.2 Å². The lowest BCUT2D eigenvalue weighted by Crippen LogP contribution is -2.52. The number of piperazine rings is 1. The second-order valence-electron chi connectivity index (χ2n) is 5.04. The Morgan fingerprint density at radius 2 is 2.05 bits per heavy atom. The Labute approximate surface area is 120 Å². The number of carbonyl (C=O) groups is 1. The maximum absolute atomic E-state index is 11.9. The normalized spacial score (nSPS) is 15.3. The number of amides is 2. The van der Waals surface area contributed by atoms with E-state index in [1.54, 1.807) is 7.11 Å². The first-order chi connectivity index (χ1) is 9.70. The highest BCUT2D eigenvalue weighted by atomic mass is 16.5. The molecule has 2 rings (SSSR count). The molecule has 110 valence electrons. The lowest BCUT2D eigenvalue weighted by atomic mass is 10.2. The number of nitrogens with zero attached hydrogens (tertiary/aromatic N) is 2. The number of hydrogen-bond donors (Lipinski definition) is 1. The van der Waals surface area contributed by atoms with Crippen molar-refractivity contribution < 1.29 is 9.53 Å². The van der Waals surface area contributed by atoms with Gasteiger partial charge in [0.25, 0.3) is 0 Å². The highest BCUT2D eigenvalue weighted by Crippen LogP contribution is 2.17. The van der Waals surface area contributed by atoms with Crippen LogP contribution in [0.5, 0.6) is 0 Å². The number of methoxy groups -OCH3 is 1. The van der Waals surface area contributed by atoms with E-state index in [4.69, 9.17) is 4.74 Å². The minimum Gasteiger partial charge on any atom is -0.383 e. The summed E-state index contributed by atoms with van der Waals surface area (Å²) in [4.78, 5) is 16.1. The molecule has 1 aromatic carbocycles. The summed E-state index contributed by atoms with van der Waals surface area (Å²) in [7, 11) is 1.63. The van der Waals surface area contributed by atoms with Crippen LogP contribution in [0.15, 0.2) is 24.3 Å². The number of carbonyl (C=O) groups excluding carboxylic acids is 1. The first-order valence-corrected chi connectivity index (χ1v) is 7.04. The van der Waals surface area contributed by atoms with Crippen molar-refractivity contribution in [3.8, 4) is 0 Å². The summed E-state index contributed by atoms with van der Waals surface area (Å²) in [5.74, 6) is 0. The summed E-state index contributed by atoms with van der Waals surface area (Å²) in [5.41, 5.74) is 2.51. The van der Waals surface area contributed by atoms with Crippen molar-refractivity contribution in [2.45, 2.75) is 6.92 Å². The molecule has 0 atom stereocenters. The fourth-order valence-electron chi connectivity index (χ4n) is 2.36. The highest BCUT2D eigenvalue weighted by Gasteiger charge is 2.20. The number of urea groups is 1. The van der Waals surface area contributed by atoms with Crippen molar-refractivity contribution in [2.75, 3.05) is 51.3 Å². The monoisotopic (exact) mass is 277 g/mol. The minimum atomic E-state index is 0.00550. The number of benzene rings is 1. The van der Waals surface area contributed by atoms with Crippen LogP contribution in [0.25, 0.3) is 0 Å². The Kier molecular flexibility index (Phi) is 5.24. The molecule has 2 amide bonds. The molecule has 0 aliphatic carbocycles. The molecule has 0 radical (unpaired) electrons. The smallest absolute Gasteiger partial charge is 0.317 e. The van der Waals surface area contributed by atoms with Gasteiger partial charge in [0.15, 0.2) is 0 Å². The van der Waals surface area contributed by atoms with Crippen molar-refractivity contribution >= 4 is 11.7 Å². The van der Waals surface area contributed by atoms with Crippen LogP contribution in [0.1, 0.15) is 5.56 Å². The molecule has 0 bridgehead atoms. The van der Waals surface area contributed by atoms with Gasteiger partial charge in [-0.2, -0.15) is 0 Å². The lowest BCUT2D eigenvalue weighted by molar-refractivity contribution is 0.177. The molecule has 1 heterocycles. The average Bonchev–Trinajstić information content (AvgIpc) is 2.47. The molecule has 0 spiro atoms. The van der Waals surface area contributed by atoms with Crippen molar-refractivity contribution in [2.24, 2.45) is 0 Å². The third-order valence-electron chi connectivity index (χ3n) is 3.52. The average molecular weight is 277 g/mol. The van der Waals surface area contributed by atoms with E-state index in [2.05, 4.69) is 41.4 Å². The number of ether oxygens (including phenoxy) is 1. The molecule has 0 aromatic heterocycles. The summed E-state index contributed by atoms with van der Waals surface area (Å²) in [6, 6.07) is 8.50. The number of hydrogen-bond acceptors (Lipinski definition) is 3. The third kappa shape index (κ3) is 3.87. The molecule has 1 aliphatic heterocycles. The first kappa shape index (κ1) is 14.7. The van der Waals surface area contributed by atoms with Gasteiger partial charge in [-0.3, -0.25) is 0 Å². The summed E-state index contributed by atoms with van der Waals surface area (Å²) in [6.07, 6.45) is 0. The SMILES string of the molecule is COCCNC(=O)N1CCN(c2cccc(C)c2)CC1. The molecule has 0 saturated carbocycles. The summed E-state index contributed by atoms with van der Waals surface area (Å²) in [5, 5.41) is 2.86. The van der Waals surface area contributed by atoms with Gasteiger partial charge in [-0.1, -0.05) is 12.1 Å². The van der Waals surface area contributed by atoms with Crippen LogP contribution in [0.4, 0.5) is 10.5 Å². The zero-order valence-electron chi connectivity index (χ0n) is 12.3. The number of nitrogens with one attached hydrogen (secondary N) is 1. The van der Waals surface area contributed by atoms with Gasteiger partial charge >= 0.3 is 6.03 Å². The molecular weight excluding hydrogens is 254 g/mol. The maximum atomic E-state index is 11.9. The van der Waals surface area contributed by atoms with Crippen LogP contribution < -0.4 is 10.2 Å². The Balaban J connectivity index is 1.81. The van der Waals surface area contributed by atoms with E-state index in [9.17, 15) is 4.79 Å². The molecule has 1 fully saturated rings. The van der Waals surface area contributed by atoms with E-state index >= 15 is 0 Å². The van der Waals surface area contributed by atoms with E-state index in [-0.39, 0.29) is 6.03 Å². The van der Waals surface area contributed by atoms with Crippen molar-refractivity contribution in [1.29, 1.82) is 0 Å². The van der Waals surface area contributed by atoms with Gasteiger partial charge in [-0.15, -0.1) is 0 Å². The fourth-order valence-corrected chi connectivity index (χ4v) is 2.36. The standard InChI is InChI=1S/C15H23N3O2/c1-13-4-3-5-14(12-13)17-7-9-18(10-8-17)15(19)16-6-11-20-2/h3-5,12H,6-11H2,1-2H3,(H,16,19). The van der Waals surface area contributed by atoms with Crippen LogP contribution in [0.3, 0.4) is 0 Å². The molecule has 5 nitrogen and oxygen atoms in total. The molecule has 1 aromatic rings. The van der Waals surface area contributed by atoms with Gasteiger partial charge in [-0.25, -0.2) is 4.79 Å². The van der Waals surface area contributed by atoms with Gasteiger partial charge in [0, 0.05) is 45.5 Å². The predicted molar refractivity (Wildman–Crippen MR) is 80.2 cm³/mol. The second-order valence-corrected chi connectivity index (χ2v) is 5.04. The molecular formula is C15H23N3O2. The molecule has 0 unspecified atom stereocenters. The van der Waals surface area contributed by atoms with E-state index in [0.717, 1.165) is 26.2 Å². The Morgan fingerprint density at radius 3 is 2.70 bits per heavy atom. The maximum Gasteiger partial charge on any atom is 0.317 e. The van der Waals surface area contributed by atoms with Gasteiger partial charge in [0.2, 0.25) is 0 Å². The number of aryl methyl sites for hydroxylation is 1. The Bertz CT molecular complexity index is 442. The topological polar surface area (TPSA) is 44.8 Å². The largest absolute Gasteiger partial charge is 0.383 e. The lowest BCUT2D eigenvalue weighted by Gasteiger charge is -2.36. The number of anilines is 1. The molecule has 1 N–H and O–H groups in total. The van der Waals surface area contributed by atoms with Crippen molar-refractivity contribution in [3.63, 3.8) is 0 Å². The second kappa shape index (κ2) is 7.14. The summed E-state index contributed by atoms with van der Waals surface area (Å²) < 4.78 is 4.92. The quantitative estimate of drug-likeness (QED) is 0.848. The van der Waals surface area contributed by atoms with Gasteiger partial charge in [0.05, 0.1) is 6.61 Å². The minimum absolute atomic E-state index is 0.00550. The highest BCUT2D eigenvalue weighted by molar-refractivity contribution is 5.74. The summed E-state index contributed by atoms with van der Waals surface area (Å²) >= 11 is 0. The zero-order valence-corrected chi connectivity index (χ0v) is 12.3. The number of rotatable bonds is 4.